The summed E-state index contributed by atoms with van der Waals surface area (Å²) in [4.78, 5) is 24.7. The molecule has 5 atom stereocenters. The monoisotopic (exact) mass is 386 g/mol. The van der Waals surface area contributed by atoms with Crippen LogP contribution in [0.5, 0.6) is 11.5 Å². The summed E-state index contributed by atoms with van der Waals surface area (Å²) < 4.78 is 17.4. The van der Waals surface area contributed by atoms with Crippen molar-refractivity contribution in [2.75, 3.05) is 14.2 Å². The molecule has 0 saturated heterocycles. The number of ether oxygens (including phenoxy) is 3. The van der Waals surface area contributed by atoms with E-state index >= 15 is 0 Å². The van der Waals surface area contributed by atoms with E-state index in [0.29, 0.717) is 35.2 Å². The topological polar surface area (TPSA) is 61.8 Å². The highest BCUT2D eigenvalue weighted by molar-refractivity contribution is 5.91. The molecule has 1 aromatic rings. The van der Waals surface area contributed by atoms with E-state index in [1.54, 1.807) is 19.2 Å². The van der Waals surface area contributed by atoms with Gasteiger partial charge in [-0.15, -0.1) is 0 Å². The SMILES string of the molecule is COC(=O)c1cc(OC)c2c(c1)O[C@@]13CCC(=O)[C@H](C)[C@@H]1CC[C@H](C)[C@@]3(C)C2. The predicted octanol–water partition coefficient (Wildman–Crippen LogP) is 4.21. The zero-order valence-electron chi connectivity index (χ0n) is 17.5. The van der Waals surface area contributed by atoms with Gasteiger partial charge in [-0.25, -0.2) is 4.79 Å². The molecule has 5 heteroatoms. The first-order valence-electron chi connectivity index (χ1n) is 10.3. The fraction of sp³-hybridized carbons (Fsp3) is 0.652. The Kier molecular flexibility index (Phi) is 4.48. The molecule has 0 amide bonds. The second-order valence-corrected chi connectivity index (χ2v) is 9.07. The van der Waals surface area contributed by atoms with Gasteiger partial charge < -0.3 is 14.2 Å². The molecule has 152 valence electrons. The van der Waals surface area contributed by atoms with Gasteiger partial charge in [0.2, 0.25) is 0 Å². The first-order chi connectivity index (χ1) is 13.3. The molecule has 0 unspecified atom stereocenters. The molecule has 2 aliphatic carbocycles. The van der Waals surface area contributed by atoms with Gasteiger partial charge in [0, 0.05) is 29.2 Å². The maximum Gasteiger partial charge on any atom is 0.338 e. The Bertz CT molecular complexity index is 831. The van der Waals surface area contributed by atoms with Crippen molar-refractivity contribution in [3.05, 3.63) is 23.3 Å². The zero-order chi connectivity index (χ0) is 20.3. The van der Waals surface area contributed by atoms with Crippen LogP contribution in [0.25, 0.3) is 0 Å². The summed E-state index contributed by atoms with van der Waals surface area (Å²) in [6, 6.07) is 3.53. The second-order valence-electron chi connectivity index (χ2n) is 9.07. The number of hydrogen-bond acceptors (Lipinski definition) is 5. The van der Waals surface area contributed by atoms with Crippen LogP contribution in [-0.4, -0.2) is 31.6 Å². The summed E-state index contributed by atoms with van der Waals surface area (Å²) in [6.45, 7) is 6.69. The Labute approximate surface area is 166 Å². The Morgan fingerprint density at radius 3 is 2.64 bits per heavy atom. The molecule has 0 bridgehead atoms. The number of rotatable bonds is 2. The molecular formula is C23H30O5. The molecular weight excluding hydrogens is 356 g/mol. The molecule has 1 heterocycles. The highest BCUT2D eigenvalue weighted by Crippen LogP contribution is 2.63. The predicted molar refractivity (Wildman–Crippen MR) is 105 cm³/mol. The Hall–Kier alpha value is -2.04. The van der Waals surface area contributed by atoms with Crippen LogP contribution in [0.3, 0.4) is 0 Å². The summed E-state index contributed by atoms with van der Waals surface area (Å²) in [5, 5.41) is 0. The zero-order valence-corrected chi connectivity index (χ0v) is 17.5. The van der Waals surface area contributed by atoms with Gasteiger partial charge in [0.15, 0.2) is 0 Å². The number of ketones is 1. The van der Waals surface area contributed by atoms with E-state index in [-0.39, 0.29) is 22.9 Å². The van der Waals surface area contributed by atoms with Gasteiger partial charge in [-0.2, -0.15) is 0 Å². The number of methoxy groups -OCH3 is 2. The highest BCUT2D eigenvalue weighted by Gasteiger charge is 2.65. The quantitative estimate of drug-likeness (QED) is 0.713. The van der Waals surface area contributed by atoms with Crippen LogP contribution in [0.15, 0.2) is 12.1 Å². The number of carbonyl (C=O) groups is 2. The summed E-state index contributed by atoms with van der Waals surface area (Å²) in [5.41, 5.74) is 0.974. The average molecular weight is 386 g/mol. The molecule has 4 rings (SSSR count). The van der Waals surface area contributed by atoms with Crippen LogP contribution < -0.4 is 9.47 Å². The molecule has 28 heavy (non-hydrogen) atoms. The summed E-state index contributed by atoms with van der Waals surface area (Å²) in [5.74, 6) is 2.01. The van der Waals surface area contributed by atoms with Crippen molar-refractivity contribution in [3.8, 4) is 11.5 Å². The average Bonchev–Trinajstić information content (AvgIpc) is 2.69. The lowest BCUT2D eigenvalue weighted by atomic mass is 9.47. The fourth-order valence-corrected chi connectivity index (χ4v) is 6.14. The lowest BCUT2D eigenvalue weighted by molar-refractivity contribution is -0.193. The molecule has 2 fully saturated rings. The molecule has 0 N–H and O–H groups in total. The fourth-order valence-electron chi connectivity index (χ4n) is 6.14. The molecule has 1 aromatic carbocycles. The normalized spacial score (nSPS) is 36.5. The van der Waals surface area contributed by atoms with Crippen molar-refractivity contribution in [2.24, 2.45) is 23.2 Å². The van der Waals surface area contributed by atoms with Crippen molar-refractivity contribution >= 4 is 11.8 Å². The van der Waals surface area contributed by atoms with Gasteiger partial charge in [0.1, 0.15) is 22.9 Å². The third-order valence-electron chi connectivity index (χ3n) is 8.06. The van der Waals surface area contributed by atoms with E-state index in [2.05, 4.69) is 20.8 Å². The lowest BCUT2D eigenvalue weighted by Gasteiger charge is -2.63. The first kappa shape index (κ1) is 19.3. The molecule has 0 radical (unpaired) electrons. The minimum atomic E-state index is -0.406. The van der Waals surface area contributed by atoms with E-state index in [4.69, 9.17) is 14.2 Å². The van der Waals surface area contributed by atoms with Gasteiger partial charge in [0.25, 0.3) is 0 Å². The van der Waals surface area contributed by atoms with Crippen LogP contribution in [0.1, 0.15) is 62.4 Å². The molecule has 1 aliphatic heterocycles. The molecule has 2 saturated carbocycles. The maximum atomic E-state index is 12.5. The number of esters is 1. The Balaban J connectivity index is 1.88. The molecule has 3 aliphatic rings. The standard InChI is InChI=1S/C23H30O5/c1-13-6-7-17-14(2)18(24)8-9-23(17)22(13,3)12-16-19(26-4)10-15(21(25)27-5)11-20(16)28-23/h10-11,13-14,17H,6-9,12H2,1-5H3/t13-,14+,17-,22+,23-/m0/s1. The highest BCUT2D eigenvalue weighted by atomic mass is 16.5. The molecule has 5 nitrogen and oxygen atoms in total. The van der Waals surface area contributed by atoms with Crippen LogP contribution in [0.4, 0.5) is 0 Å². The summed E-state index contributed by atoms with van der Waals surface area (Å²) >= 11 is 0. The van der Waals surface area contributed by atoms with E-state index in [1.807, 2.05) is 0 Å². The number of hydrogen-bond donors (Lipinski definition) is 0. The Morgan fingerprint density at radius 1 is 1.21 bits per heavy atom. The summed E-state index contributed by atoms with van der Waals surface area (Å²) in [6.07, 6.45) is 4.23. The first-order valence-corrected chi connectivity index (χ1v) is 10.3. The minimum Gasteiger partial charge on any atom is -0.496 e. The van der Waals surface area contributed by atoms with Crippen molar-refractivity contribution in [1.29, 1.82) is 0 Å². The van der Waals surface area contributed by atoms with E-state index in [1.165, 1.54) is 7.11 Å². The van der Waals surface area contributed by atoms with Gasteiger partial charge in [-0.1, -0.05) is 20.8 Å². The minimum absolute atomic E-state index is 0.00723. The van der Waals surface area contributed by atoms with Gasteiger partial charge in [0.05, 0.1) is 19.8 Å². The second kappa shape index (κ2) is 6.50. The molecule has 1 spiro atoms. The number of carbonyl (C=O) groups excluding carboxylic acids is 2. The summed E-state index contributed by atoms with van der Waals surface area (Å²) in [7, 11) is 3.00. The van der Waals surface area contributed by atoms with Gasteiger partial charge >= 0.3 is 5.97 Å². The van der Waals surface area contributed by atoms with Crippen LogP contribution >= 0.6 is 0 Å². The molecule has 0 aromatic heterocycles. The van der Waals surface area contributed by atoms with E-state index in [0.717, 1.165) is 31.2 Å². The largest absolute Gasteiger partial charge is 0.496 e. The van der Waals surface area contributed by atoms with Crippen LogP contribution in [0.2, 0.25) is 0 Å². The van der Waals surface area contributed by atoms with Crippen molar-refractivity contribution in [3.63, 3.8) is 0 Å². The number of benzene rings is 1. The van der Waals surface area contributed by atoms with Crippen molar-refractivity contribution in [2.45, 2.75) is 58.5 Å². The van der Waals surface area contributed by atoms with Crippen molar-refractivity contribution in [1.82, 2.24) is 0 Å². The third kappa shape index (κ3) is 2.44. The van der Waals surface area contributed by atoms with E-state index < -0.39 is 5.97 Å². The van der Waals surface area contributed by atoms with Crippen LogP contribution in [-0.2, 0) is 16.0 Å². The lowest BCUT2D eigenvalue weighted by Crippen LogP contribution is -2.67. The third-order valence-corrected chi connectivity index (χ3v) is 8.06. The number of Topliss-reactive ketones (excluding diaryl/α,β-unsaturated/α-hetero) is 1. The van der Waals surface area contributed by atoms with Gasteiger partial charge in [-0.3, -0.25) is 4.79 Å². The van der Waals surface area contributed by atoms with Crippen LogP contribution in [0, 0.1) is 23.2 Å². The smallest absolute Gasteiger partial charge is 0.338 e. The number of fused-ring (bicyclic) bond motifs is 1. The van der Waals surface area contributed by atoms with Crippen molar-refractivity contribution < 1.29 is 23.8 Å². The maximum absolute atomic E-state index is 12.5. The van der Waals surface area contributed by atoms with Gasteiger partial charge in [-0.05, 0) is 43.7 Å². The Morgan fingerprint density at radius 2 is 1.96 bits per heavy atom. The van der Waals surface area contributed by atoms with E-state index in [9.17, 15) is 9.59 Å².